The van der Waals surface area contributed by atoms with Crippen molar-refractivity contribution in [2.45, 2.75) is 19.8 Å². The Hall–Kier alpha value is -2.69. The molecule has 5 heteroatoms. The van der Waals surface area contributed by atoms with Crippen molar-refractivity contribution in [3.05, 3.63) is 71.0 Å². The van der Waals surface area contributed by atoms with E-state index in [4.69, 9.17) is 4.74 Å². The Morgan fingerprint density at radius 3 is 2.67 bits per heavy atom. The fourth-order valence-corrected chi connectivity index (χ4v) is 2.29. The number of rotatable bonds is 7. The molecule has 0 atom stereocenters. The smallest absolute Gasteiger partial charge is 0.310 e. The quantitative estimate of drug-likeness (QED) is 0.795. The van der Waals surface area contributed by atoms with Gasteiger partial charge in [-0.05, 0) is 42.2 Å². The largest absolute Gasteiger partial charge is 0.455 e. The zero-order chi connectivity index (χ0) is 17.4. The van der Waals surface area contributed by atoms with Crippen molar-refractivity contribution in [1.29, 1.82) is 0 Å². The van der Waals surface area contributed by atoms with Gasteiger partial charge >= 0.3 is 5.97 Å². The number of carbonyl (C=O) groups is 2. The Kier molecular flexibility index (Phi) is 6.49. The third kappa shape index (κ3) is 5.83. The molecule has 0 aliphatic rings. The molecule has 2 aromatic carbocycles. The van der Waals surface area contributed by atoms with Gasteiger partial charge in [0.25, 0.3) is 5.91 Å². The van der Waals surface area contributed by atoms with Crippen LogP contribution in [0.1, 0.15) is 16.7 Å². The highest BCUT2D eigenvalue weighted by molar-refractivity contribution is 5.81. The molecule has 0 saturated carbocycles. The fourth-order valence-electron chi connectivity index (χ4n) is 2.29. The van der Waals surface area contributed by atoms with E-state index < -0.39 is 11.8 Å². The summed E-state index contributed by atoms with van der Waals surface area (Å²) in [6.07, 6.45) is 0.657. The Morgan fingerprint density at radius 1 is 1.12 bits per heavy atom. The number of amides is 1. The van der Waals surface area contributed by atoms with E-state index in [1.54, 1.807) is 6.07 Å². The van der Waals surface area contributed by atoms with Crippen molar-refractivity contribution >= 4 is 11.9 Å². The normalized spacial score (nSPS) is 10.2. The van der Waals surface area contributed by atoms with Crippen LogP contribution in [0.25, 0.3) is 0 Å². The highest BCUT2D eigenvalue weighted by Gasteiger charge is 2.09. The summed E-state index contributed by atoms with van der Waals surface area (Å²) in [5.74, 6) is -1.32. The van der Waals surface area contributed by atoms with Gasteiger partial charge in [-0.3, -0.25) is 9.59 Å². The molecule has 0 heterocycles. The lowest BCUT2D eigenvalue weighted by Crippen LogP contribution is -2.30. The molecule has 1 N–H and O–H groups in total. The number of aryl methyl sites for hydroxylation is 1. The average molecular weight is 329 g/mol. The second-order valence-electron chi connectivity index (χ2n) is 5.49. The van der Waals surface area contributed by atoms with Gasteiger partial charge in [0, 0.05) is 6.54 Å². The summed E-state index contributed by atoms with van der Waals surface area (Å²) in [6, 6.07) is 13.7. The molecular weight excluding hydrogens is 309 g/mol. The number of esters is 1. The van der Waals surface area contributed by atoms with Crippen LogP contribution < -0.4 is 5.32 Å². The van der Waals surface area contributed by atoms with E-state index in [-0.39, 0.29) is 18.9 Å². The number of benzene rings is 2. The molecular formula is C19H20FNO3. The number of hydrogen-bond acceptors (Lipinski definition) is 3. The average Bonchev–Trinajstić information content (AvgIpc) is 2.55. The van der Waals surface area contributed by atoms with E-state index in [9.17, 15) is 14.0 Å². The number of ether oxygens (including phenoxy) is 1. The molecule has 1 amide bonds. The molecule has 0 bridgehead atoms. The van der Waals surface area contributed by atoms with Crippen molar-refractivity contribution in [1.82, 2.24) is 5.32 Å². The fraction of sp³-hybridized carbons (Fsp3) is 0.263. The molecule has 0 unspecified atom stereocenters. The first-order valence-electron chi connectivity index (χ1n) is 7.76. The number of hydrogen-bond donors (Lipinski definition) is 1. The first-order valence-corrected chi connectivity index (χ1v) is 7.76. The zero-order valence-electron chi connectivity index (χ0n) is 13.5. The van der Waals surface area contributed by atoms with Crippen LogP contribution in [0, 0.1) is 12.7 Å². The van der Waals surface area contributed by atoms with Gasteiger partial charge in [0.1, 0.15) is 5.82 Å². The van der Waals surface area contributed by atoms with Crippen LogP contribution in [0.15, 0.2) is 48.5 Å². The van der Waals surface area contributed by atoms with Gasteiger partial charge in [0.05, 0.1) is 6.42 Å². The molecule has 0 fully saturated rings. The minimum atomic E-state index is -0.561. The first-order chi connectivity index (χ1) is 11.5. The standard InChI is InChI=1S/C19H20FNO3/c1-14-5-2-3-7-16(14)9-10-21-18(22)13-24-19(23)12-15-6-4-8-17(20)11-15/h2-8,11H,9-10,12-13H2,1H3,(H,21,22). The molecule has 0 aliphatic heterocycles. The monoisotopic (exact) mass is 329 g/mol. The van der Waals surface area contributed by atoms with Gasteiger partial charge in [-0.15, -0.1) is 0 Å². The number of carbonyl (C=O) groups excluding carboxylic acids is 2. The summed E-state index contributed by atoms with van der Waals surface area (Å²) < 4.78 is 17.9. The molecule has 0 aliphatic carbocycles. The lowest BCUT2D eigenvalue weighted by atomic mass is 10.1. The lowest BCUT2D eigenvalue weighted by molar-refractivity contribution is -0.147. The van der Waals surface area contributed by atoms with Gasteiger partial charge in [0.15, 0.2) is 6.61 Å². The summed E-state index contributed by atoms with van der Waals surface area (Å²) >= 11 is 0. The Balaban J connectivity index is 1.67. The van der Waals surface area contributed by atoms with E-state index in [1.807, 2.05) is 31.2 Å². The molecule has 0 saturated heterocycles. The molecule has 4 nitrogen and oxygen atoms in total. The minimum Gasteiger partial charge on any atom is -0.455 e. The lowest BCUT2D eigenvalue weighted by Gasteiger charge is -2.08. The zero-order valence-corrected chi connectivity index (χ0v) is 13.5. The summed E-state index contributed by atoms with van der Waals surface area (Å²) in [6.45, 7) is 2.17. The van der Waals surface area contributed by atoms with E-state index in [0.29, 0.717) is 12.1 Å². The van der Waals surface area contributed by atoms with E-state index in [1.165, 1.54) is 29.3 Å². The third-order valence-corrected chi connectivity index (χ3v) is 3.58. The first kappa shape index (κ1) is 17.7. The Bertz CT molecular complexity index is 715. The maximum Gasteiger partial charge on any atom is 0.310 e. The number of nitrogens with one attached hydrogen (secondary N) is 1. The van der Waals surface area contributed by atoms with Gasteiger partial charge in [-0.2, -0.15) is 0 Å². The van der Waals surface area contributed by atoms with Crippen molar-refractivity contribution in [2.24, 2.45) is 0 Å². The van der Waals surface area contributed by atoms with Crippen LogP contribution in [-0.2, 0) is 27.2 Å². The maximum absolute atomic E-state index is 13.0. The van der Waals surface area contributed by atoms with Crippen molar-refractivity contribution < 1.29 is 18.7 Å². The summed E-state index contributed by atoms with van der Waals surface area (Å²) in [7, 11) is 0. The van der Waals surface area contributed by atoms with Crippen LogP contribution in [-0.4, -0.2) is 25.0 Å². The highest BCUT2D eigenvalue weighted by Crippen LogP contribution is 2.07. The third-order valence-electron chi connectivity index (χ3n) is 3.58. The maximum atomic E-state index is 13.0. The Labute approximate surface area is 140 Å². The van der Waals surface area contributed by atoms with Crippen LogP contribution in [0.2, 0.25) is 0 Å². The molecule has 0 radical (unpaired) electrons. The predicted octanol–water partition coefficient (Wildman–Crippen LogP) is 2.58. The molecule has 0 spiro atoms. The van der Waals surface area contributed by atoms with Crippen LogP contribution in [0.4, 0.5) is 4.39 Å². The van der Waals surface area contributed by atoms with Gasteiger partial charge in [-0.1, -0.05) is 36.4 Å². The van der Waals surface area contributed by atoms with Crippen molar-refractivity contribution in [3.8, 4) is 0 Å². The SMILES string of the molecule is Cc1ccccc1CCNC(=O)COC(=O)Cc1cccc(F)c1. The molecule has 2 rings (SSSR count). The van der Waals surface area contributed by atoms with Gasteiger partial charge in [-0.25, -0.2) is 4.39 Å². The van der Waals surface area contributed by atoms with E-state index in [0.717, 1.165) is 6.42 Å². The predicted molar refractivity (Wildman–Crippen MR) is 89.0 cm³/mol. The van der Waals surface area contributed by atoms with Gasteiger partial charge < -0.3 is 10.1 Å². The Morgan fingerprint density at radius 2 is 1.92 bits per heavy atom. The number of halogens is 1. The van der Waals surface area contributed by atoms with Crippen LogP contribution in [0.3, 0.4) is 0 Å². The van der Waals surface area contributed by atoms with Crippen molar-refractivity contribution in [2.75, 3.05) is 13.2 Å². The molecule has 2 aromatic rings. The highest BCUT2D eigenvalue weighted by atomic mass is 19.1. The molecule has 0 aromatic heterocycles. The molecule has 24 heavy (non-hydrogen) atoms. The second-order valence-corrected chi connectivity index (χ2v) is 5.49. The minimum absolute atomic E-state index is 0.0613. The van der Waals surface area contributed by atoms with E-state index in [2.05, 4.69) is 5.32 Å². The second kappa shape index (κ2) is 8.82. The topological polar surface area (TPSA) is 55.4 Å². The van der Waals surface area contributed by atoms with E-state index >= 15 is 0 Å². The summed E-state index contributed by atoms with van der Waals surface area (Å²) in [4.78, 5) is 23.3. The summed E-state index contributed by atoms with van der Waals surface area (Å²) in [5.41, 5.74) is 2.86. The van der Waals surface area contributed by atoms with Crippen LogP contribution in [0.5, 0.6) is 0 Å². The van der Waals surface area contributed by atoms with Crippen molar-refractivity contribution in [3.63, 3.8) is 0 Å². The van der Waals surface area contributed by atoms with Gasteiger partial charge in [0.2, 0.25) is 0 Å². The summed E-state index contributed by atoms with van der Waals surface area (Å²) in [5, 5.41) is 2.71. The molecule has 126 valence electrons. The van der Waals surface area contributed by atoms with Crippen LogP contribution >= 0.6 is 0 Å².